The van der Waals surface area contributed by atoms with E-state index in [-0.39, 0.29) is 10.9 Å². The molecule has 0 bridgehead atoms. The number of fused-ring (bicyclic) bond motifs is 3. The van der Waals surface area contributed by atoms with Crippen LogP contribution < -0.4 is 4.90 Å². The molecule has 35 heavy (non-hydrogen) atoms. The minimum absolute atomic E-state index is 0.110. The van der Waals surface area contributed by atoms with E-state index in [9.17, 15) is 8.42 Å². The summed E-state index contributed by atoms with van der Waals surface area (Å²) >= 11 is 0. The second-order valence-electron chi connectivity index (χ2n) is 9.16. The minimum Gasteiger partial charge on any atom is -0.344 e. The molecule has 1 aliphatic carbocycles. The first kappa shape index (κ1) is 21.9. The summed E-state index contributed by atoms with van der Waals surface area (Å²) in [6.45, 7) is 2.17. The van der Waals surface area contributed by atoms with Gasteiger partial charge in [0.15, 0.2) is 27.3 Å². The Hall–Kier alpha value is -3.60. The van der Waals surface area contributed by atoms with Gasteiger partial charge in [-0.3, -0.25) is 4.57 Å². The molecule has 11 heteroatoms. The van der Waals surface area contributed by atoms with Crippen molar-refractivity contribution >= 4 is 15.7 Å². The normalized spacial score (nSPS) is 18.0. The van der Waals surface area contributed by atoms with Gasteiger partial charge >= 0.3 is 0 Å². The van der Waals surface area contributed by atoms with Crippen LogP contribution >= 0.6 is 0 Å². The molecule has 1 atom stereocenters. The molecular weight excluding hydrogens is 464 g/mol. The predicted molar refractivity (Wildman–Crippen MR) is 131 cm³/mol. The van der Waals surface area contributed by atoms with E-state index in [1.807, 2.05) is 10.8 Å². The summed E-state index contributed by atoms with van der Waals surface area (Å²) in [5, 5.41) is 8.61. The standard InChI is InChI=1S/C24H26N8O2S/c1-3-19-24-30-27-14-31(24)20-13-26-22(29-23(20)32(19)16-6-4-5-7-16)18-12-25-21(28-18)15-8-10-17(11-9-15)35(2,33)34/h8-14,16,19H,3-7H2,1-2H3,(H,25,28)/t19-/m1/s1. The zero-order valence-corrected chi connectivity index (χ0v) is 20.4. The van der Waals surface area contributed by atoms with Gasteiger partial charge in [-0.05, 0) is 43.5 Å². The lowest BCUT2D eigenvalue weighted by Gasteiger charge is -2.40. The van der Waals surface area contributed by atoms with Crippen molar-refractivity contribution in [1.29, 1.82) is 0 Å². The highest BCUT2D eigenvalue weighted by molar-refractivity contribution is 7.90. The first-order valence-corrected chi connectivity index (χ1v) is 13.7. The highest BCUT2D eigenvalue weighted by Crippen LogP contribution is 2.42. The lowest BCUT2D eigenvalue weighted by Crippen LogP contribution is -2.42. The third kappa shape index (κ3) is 3.70. The van der Waals surface area contributed by atoms with Crippen LogP contribution in [0.15, 0.2) is 47.9 Å². The van der Waals surface area contributed by atoms with Crippen molar-refractivity contribution in [3.8, 4) is 28.6 Å². The molecular formula is C24H26N8O2S. The van der Waals surface area contributed by atoms with E-state index in [0.29, 0.717) is 23.4 Å². The molecule has 0 saturated heterocycles. The van der Waals surface area contributed by atoms with Crippen LogP contribution in [-0.4, -0.2) is 55.4 Å². The van der Waals surface area contributed by atoms with Gasteiger partial charge < -0.3 is 9.88 Å². The largest absolute Gasteiger partial charge is 0.344 e. The Kier molecular flexibility index (Phi) is 5.17. The van der Waals surface area contributed by atoms with E-state index in [1.54, 1.807) is 36.8 Å². The van der Waals surface area contributed by atoms with E-state index in [4.69, 9.17) is 9.97 Å². The number of nitrogens with one attached hydrogen (secondary N) is 1. The summed E-state index contributed by atoms with van der Waals surface area (Å²) in [5.41, 5.74) is 2.30. The fourth-order valence-electron chi connectivity index (χ4n) is 5.21. The summed E-state index contributed by atoms with van der Waals surface area (Å²) < 4.78 is 25.5. The summed E-state index contributed by atoms with van der Waals surface area (Å²) in [6, 6.07) is 7.18. The number of sulfone groups is 1. The minimum atomic E-state index is -3.25. The lowest BCUT2D eigenvalue weighted by molar-refractivity contribution is 0.469. The van der Waals surface area contributed by atoms with Gasteiger partial charge in [0.05, 0.1) is 17.1 Å². The Labute approximate surface area is 203 Å². The van der Waals surface area contributed by atoms with E-state index in [0.717, 1.165) is 42.2 Å². The Bertz CT molecular complexity index is 1490. The first-order chi connectivity index (χ1) is 16.9. The number of aromatic amines is 1. The highest BCUT2D eigenvalue weighted by atomic mass is 32.2. The Morgan fingerprint density at radius 3 is 2.60 bits per heavy atom. The Morgan fingerprint density at radius 2 is 1.89 bits per heavy atom. The van der Waals surface area contributed by atoms with Crippen molar-refractivity contribution in [2.24, 2.45) is 0 Å². The van der Waals surface area contributed by atoms with Crippen LogP contribution in [0.4, 0.5) is 5.82 Å². The molecule has 1 aliphatic heterocycles. The molecule has 0 spiro atoms. The Morgan fingerprint density at radius 1 is 1.11 bits per heavy atom. The number of nitrogens with zero attached hydrogens (tertiary/aromatic N) is 7. The van der Waals surface area contributed by atoms with Crippen molar-refractivity contribution in [1.82, 2.24) is 34.7 Å². The fraction of sp³-hybridized carbons (Fsp3) is 0.375. The van der Waals surface area contributed by atoms with Crippen LogP contribution in [0.25, 0.3) is 28.6 Å². The molecule has 0 unspecified atom stereocenters. The second-order valence-corrected chi connectivity index (χ2v) is 11.2. The van der Waals surface area contributed by atoms with Gasteiger partial charge in [-0.25, -0.2) is 23.4 Å². The second kappa shape index (κ2) is 8.26. The zero-order valence-electron chi connectivity index (χ0n) is 19.6. The zero-order chi connectivity index (χ0) is 24.2. The maximum atomic E-state index is 11.8. The van der Waals surface area contributed by atoms with Crippen molar-refractivity contribution < 1.29 is 8.42 Å². The highest BCUT2D eigenvalue weighted by Gasteiger charge is 2.38. The molecule has 10 nitrogen and oxygen atoms in total. The van der Waals surface area contributed by atoms with Gasteiger partial charge in [0.2, 0.25) is 0 Å². The topological polar surface area (TPSA) is 123 Å². The average Bonchev–Trinajstić information content (AvgIpc) is 3.64. The molecule has 0 radical (unpaired) electrons. The van der Waals surface area contributed by atoms with Crippen LogP contribution in [0.2, 0.25) is 0 Å². The SMILES string of the molecule is CC[C@@H]1c2nncn2-c2cnc(-c3c[nH]c(-c4ccc(S(C)(=O)=O)cc4)n3)nc2N1C1CCCC1. The van der Waals surface area contributed by atoms with Gasteiger partial charge in [-0.2, -0.15) is 0 Å². The monoisotopic (exact) mass is 490 g/mol. The lowest BCUT2D eigenvalue weighted by atomic mass is 10.0. The maximum absolute atomic E-state index is 11.8. The fourth-order valence-corrected chi connectivity index (χ4v) is 5.84. The van der Waals surface area contributed by atoms with Crippen LogP contribution in [0, 0.1) is 0 Å². The smallest absolute Gasteiger partial charge is 0.181 e. The Balaban J connectivity index is 1.39. The summed E-state index contributed by atoms with van der Waals surface area (Å²) in [4.78, 5) is 20.2. The summed E-state index contributed by atoms with van der Waals surface area (Å²) in [6.07, 6.45) is 12.2. The molecule has 180 valence electrons. The molecule has 1 aromatic carbocycles. The molecule has 2 aliphatic rings. The third-order valence-electron chi connectivity index (χ3n) is 6.93. The molecule has 4 heterocycles. The average molecular weight is 491 g/mol. The number of hydrogen-bond acceptors (Lipinski definition) is 8. The van der Waals surface area contributed by atoms with Crippen molar-refractivity contribution in [2.75, 3.05) is 11.2 Å². The summed E-state index contributed by atoms with van der Waals surface area (Å²) in [7, 11) is -3.25. The van der Waals surface area contributed by atoms with Crippen molar-refractivity contribution in [3.63, 3.8) is 0 Å². The number of aromatic nitrogens is 7. The third-order valence-corrected chi connectivity index (χ3v) is 8.06. The molecule has 4 aromatic rings. The van der Waals surface area contributed by atoms with Crippen LogP contribution in [0.5, 0.6) is 0 Å². The maximum Gasteiger partial charge on any atom is 0.181 e. The van der Waals surface area contributed by atoms with Crippen LogP contribution in [0.1, 0.15) is 50.9 Å². The van der Waals surface area contributed by atoms with E-state index in [2.05, 4.69) is 32.0 Å². The number of anilines is 1. The number of benzene rings is 1. The molecule has 1 N–H and O–H groups in total. The predicted octanol–water partition coefficient (Wildman–Crippen LogP) is 3.73. The molecule has 0 amide bonds. The van der Waals surface area contributed by atoms with Crippen LogP contribution in [0.3, 0.4) is 0 Å². The molecule has 3 aromatic heterocycles. The summed E-state index contributed by atoms with van der Waals surface area (Å²) in [5.74, 6) is 2.99. The number of imidazole rings is 1. The van der Waals surface area contributed by atoms with Crippen LogP contribution in [-0.2, 0) is 9.84 Å². The van der Waals surface area contributed by atoms with Gasteiger partial charge in [0.1, 0.15) is 23.5 Å². The molecule has 6 rings (SSSR count). The van der Waals surface area contributed by atoms with E-state index < -0.39 is 9.84 Å². The van der Waals surface area contributed by atoms with Crippen molar-refractivity contribution in [2.45, 2.75) is 56.0 Å². The van der Waals surface area contributed by atoms with E-state index >= 15 is 0 Å². The molecule has 1 saturated carbocycles. The number of H-pyrrole nitrogens is 1. The number of rotatable bonds is 5. The van der Waals surface area contributed by atoms with E-state index in [1.165, 1.54) is 19.1 Å². The van der Waals surface area contributed by atoms with Crippen molar-refractivity contribution in [3.05, 3.63) is 48.8 Å². The first-order valence-electron chi connectivity index (χ1n) is 11.9. The quantitative estimate of drug-likeness (QED) is 0.449. The van der Waals surface area contributed by atoms with Gasteiger partial charge in [0, 0.05) is 24.1 Å². The van der Waals surface area contributed by atoms with Gasteiger partial charge in [-0.1, -0.05) is 19.8 Å². The van der Waals surface area contributed by atoms with Gasteiger partial charge in [-0.15, -0.1) is 10.2 Å². The molecule has 1 fully saturated rings. The van der Waals surface area contributed by atoms with Gasteiger partial charge in [0.25, 0.3) is 0 Å². The number of hydrogen-bond donors (Lipinski definition) is 1.